The lowest BCUT2D eigenvalue weighted by Crippen LogP contribution is -2.42. The largest absolute Gasteiger partial charge is 0.450 e. The average molecular weight is 274 g/mol. The molecule has 112 valence electrons. The molecule has 0 unspecified atom stereocenters. The van der Waals surface area contributed by atoms with Gasteiger partial charge in [-0.05, 0) is 32.2 Å². The van der Waals surface area contributed by atoms with Gasteiger partial charge in [0, 0.05) is 33.9 Å². The highest BCUT2D eigenvalue weighted by Crippen LogP contribution is 2.17. The van der Waals surface area contributed by atoms with Gasteiger partial charge in [-0.3, -0.25) is 0 Å². The zero-order chi connectivity index (χ0) is 14.1. The van der Waals surface area contributed by atoms with E-state index in [-0.39, 0.29) is 12.4 Å². The Balaban J connectivity index is 2.14. The van der Waals surface area contributed by atoms with Gasteiger partial charge in [-0.15, -0.1) is 0 Å². The first kappa shape index (κ1) is 16.2. The number of rotatable bonds is 7. The summed E-state index contributed by atoms with van der Waals surface area (Å²) in [6.45, 7) is 5.45. The molecule has 6 nitrogen and oxygen atoms in total. The topological polar surface area (TPSA) is 60.0 Å². The van der Waals surface area contributed by atoms with E-state index in [1.165, 1.54) is 0 Å². The number of nitrogens with zero attached hydrogens (tertiary/aromatic N) is 1. The Hall–Kier alpha value is -0.850. The van der Waals surface area contributed by atoms with E-state index in [1.54, 1.807) is 19.1 Å². The van der Waals surface area contributed by atoms with Gasteiger partial charge >= 0.3 is 6.09 Å². The number of carbonyl (C=O) groups is 1. The molecule has 6 heteroatoms. The zero-order valence-corrected chi connectivity index (χ0v) is 12.2. The first-order chi connectivity index (χ1) is 9.21. The Morgan fingerprint density at radius 1 is 1.32 bits per heavy atom. The van der Waals surface area contributed by atoms with Crippen molar-refractivity contribution in [2.24, 2.45) is 5.92 Å². The van der Waals surface area contributed by atoms with E-state index in [1.807, 2.05) is 6.92 Å². The molecule has 0 atom stereocenters. The van der Waals surface area contributed by atoms with E-state index < -0.39 is 0 Å². The molecule has 0 aromatic heterocycles. The van der Waals surface area contributed by atoms with Crippen molar-refractivity contribution in [3.05, 3.63) is 0 Å². The van der Waals surface area contributed by atoms with E-state index >= 15 is 0 Å². The van der Waals surface area contributed by atoms with Crippen LogP contribution in [0.1, 0.15) is 19.8 Å². The SMILES string of the molecule is CCOC(=O)N1CCC(CNCC(OC)OC)CC1. The van der Waals surface area contributed by atoms with Gasteiger partial charge < -0.3 is 24.4 Å². The molecular formula is C13H26N2O4. The van der Waals surface area contributed by atoms with Crippen LogP contribution in [0.4, 0.5) is 4.79 Å². The summed E-state index contributed by atoms with van der Waals surface area (Å²) >= 11 is 0. The summed E-state index contributed by atoms with van der Waals surface area (Å²) in [5, 5.41) is 3.34. The van der Waals surface area contributed by atoms with E-state index in [0.29, 0.717) is 19.1 Å². The predicted octanol–water partition coefficient (Wildman–Crippen LogP) is 1.06. The molecule has 0 aliphatic carbocycles. The van der Waals surface area contributed by atoms with Crippen molar-refractivity contribution in [2.45, 2.75) is 26.1 Å². The molecule has 0 spiro atoms. The minimum Gasteiger partial charge on any atom is -0.450 e. The van der Waals surface area contributed by atoms with Crippen LogP contribution in [-0.2, 0) is 14.2 Å². The van der Waals surface area contributed by atoms with Gasteiger partial charge in [0.15, 0.2) is 6.29 Å². The van der Waals surface area contributed by atoms with Crippen molar-refractivity contribution in [3.8, 4) is 0 Å². The van der Waals surface area contributed by atoms with Crippen molar-refractivity contribution >= 4 is 6.09 Å². The third kappa shape index (κ3) is 5.76. The van der Waals surface area contributed by atoms with Crippen molar-refractivity contribution < 1.29 is 19.0 Å². The highest BCUT2D eigenvalue weighted by Gasteiger charge is 2.23. The monoisotopic (exact) mass is 274 g/mol. The summed E-state index contributed by atoms with van der Waals surface area (Å²) < 4.78 is 15.2. The Labute approximate surface area is 115 Å². The van der Waals surface area contributed by atoms with Gasteiger partial charge in [-0.1, -0.05) is 0 Å². The maximum Gasteiger partial charge on any atom is 0.409 e. The molecule has 1 fully saturated rings. The lowest BCUT2D eigenvalue weighted by molar-refractivity contribution is -0.0990. The molecule has 1 saturated heterocycles. The quantitative estimate of drug-likeness (QED) is 0.704. The zero-order valence-electron chi connectivity index (χ0n) is 12.2. The number of carbonyl (C=O) groups excluding carboxylic acids is 1. The van der Waals surface area contributed by atoms with E-state index in [9.17, 15) is 4.79 Å². The van der Waals surface area contributed by atoms with E-state index in [0.717, 1.165) is 32.5 Å². The van der Waals surface area contributed by atoms with Crippen LogP contribution < -0.4 is 5.32 Å². The number of hydrogen-bond acceptors (Lipinski definition) is 5. The van der Waals surface area contributed by atoms with Crippen molar-refractivity contribution in [2.75, 3.05) is 47.0 Å². The highest BCUT2D eigenvalue weighted by molar-refractivity contribution is 5.67. The number of likely N-dealkylation sites (tertiary alicyclic amines) is 1. The molecule has 1 heterocycles. The van der Waals surface area contributed by atoms with Crippen LogP contribution in [0, 0.1) is 5.92 Å². The van der Waals surface area contributed by atoms with Gasteiger partial charge in [0.25, 0.3) is 0 Å². The van der Waals surface area contributed by atoms with E-state index in [2.05, 4.69) is 5.32 Å². The number of amides is 1. The van der Waals surface area contributed by atoms with Crippen LogP contribution in [0.5, 0.6) is 0 Å². The maximum absolute atomic E-state index is 11.5. The summed E-state index contributed by atoms with van der Waals surface area (Å²) in [5.41, 5.74) is 0. The molecule has 0 aromatic carbocycles. The Morgan fingerprint density at radius 3 is 2.47 bits per heavy atom. The number of piperidine rings is 1. The van der Waals surface area contributed by atoms with Crippen LogP contribution >= 0.6 is 0 Å². The average Bonchev–Trinajstić information content (AvgIpc) is 2.44. The molecule has 0 bridgehead atoms. The van der Waals surface area contributed by atoms with Gasteiger partial charge in [0.2, 0.25) is 0 Å². The maximum atomic E-state index is 11.5. The third-order valence-corrected chi connectivity index (χ3v) is 3.41. The molecule has 1 amide bonds. The molecule has 0 radical (unpaired) electrons. The second-order valence-electron chi connectivity index (χ2n) is 4.69. The van der Waals surface area contributed by atoms with Crippen molar-refractivity contribution in [1.82, 2.24) is 10.2 Å². The minimum atomic E-state index is -0.195. The molecule has 0 saturated carbocycles. The lowest BCUT2D eigenvalue weighted by Gasteiger charge is -2.31. The highest BCUT2D eigenvalue weighted by atomic mass is 16.7. The third-order valence-electron chi connectivity index (χ3n) is 3.41. The minimum absolute atomic E-state index is 0.187. The number of nitrogens with one attached hydrogen (secondary N) is 1. The summed E-state index contributed by atoms with van der Waals surface area (Å²) in [4.78, 5) is 13.3. The Morgan fingerprint density at radius 2 is 1.95 bits per heavy atom. The van der Waals surface area contributed by atoms with E-state index in [4.69, 9.17) is 14.2 Å². The second kappa shape index (κ2) is 9.12. The molecule has 1 aliphatic rings. The smallest absolute Gasteiger partial charge is 0.409 e. The molecule has 1 aliphatic heterocycles. The Bertz CT molecular complexity index is 251. The van der Waals surface area contributed by atoms with Gasteiger partial charge in [-0.2, -0.15) is 0 Å². The van der Waals surface area contributed by atoms with Crippen molar-refractivity contribution in [1.29, 1.82) is 0 Å². The van der Waals surface area contributed by atoms with Gasteiger partial charge in [-0.25, -0.2) is 4.79 Å². The molecule has 1 rings (SSSR count). The fraction of sp³-hybridized carbons (Fsp3) is 0.923. The van der Waals surface area contributed by atoms with Crippen LogP contribution in [0.15, 0.2) is 0 Å². The lowest BCUT2D eigenvalue weighted by atomic mass is 9.97. The fourth-order valence-corrected chi connectivity index (χ4v) is 2.20. The standard InChI is InChI=1S/C13H26N2O4/c1-4-19-13(16)15-7-5-11(6-8-15)9-14-10-12(17-2)18-3/h11-12,14H,4-10H2,1-3H3. The molecule has 0 aromatic rings. The first-order valence-corrected chi connectivity index (χ1v) is 6.89. The molecular weight excluding hydrogens is 248 g/mol. The summed E-state index contributed by atoms with van der Waals surface area (Å²) in [7, 11) is 3.27. The predicted molar refractivity (Wildman–Crippen MR) is 72.0 cm³/mol. The summed E-state index contributed by atoms with van der Waals surface area (Å²) in [5.74, 6) is 0.597. The van der Waals surface area contributed by atoms with Crippen LogP contribution in [0.3, 0.4) is 0 Å². The fourth-order valence-electron chi connectivity index (χ4n) is 2.20. The second-order valence-corrected chi connectivity index (χ2v) is 4.69. The van der Waals surface area contributed by atoms with Gasteiger partial charge in [0.05, 0.1) is 6.61 Å². The Kier molecular flexibility index (Phi) is 7.78. The summed E-state index contributed by atoms with van der Waals surface area (Å²) in [6.07, 6.45) is 1.64. The summed E-state index contributed by atoms with van der Waals surface area (Å²) in [6, 6.07) is 0. The normalized spacial score (nSPS) is 16.9. The van der Waals surface area contributed by atoms with Crippen LogP contribution in [0.2, 0.25) is 0 Å². The van der Waals surface area contributed by atoms with Crippen LogP contribution in [0.25, 0.3) is 0 Å². The van der Waals surface area contributed by atoms with Crippen LogP contribution in [-0.4, -0.2) is 64.3 Å². The number of hydrogen-bond donors (Lipinski definition) is 1. The number of methoxy groups -OCH3 is 2. The number of ether oxygens (including phenoxy) is 3. The van der Waals surface area contributed by atoms with Gasteiger partial charge in [0.1, 0.15) is 0 Å². The van der Waals surface area contributed by atoms with Crippen molar-refractivity contribution in [3.63, 3.8) is 0 Å². The molecule has 1 N–H and O–H groups in total. The molecule has 19 heavy (non-hydrogen) atoms. The first-order valence-electron chi connectivity index (χ1n) is 6.89.